The predicted molar refractivity (Wildman–Crippen MR) is 86.3 cm³/mol. The SMILES string of the molecule is CCNC1CCc2c(-c3cc(C)c(F)cc3Cl)cccc21. The van der Waals surface area contributed by atoms with Crippen LogP contribution in [0.4, 0.5) is 4.39 Å². The lowest BCUT2D eigenvalue weighted by Crippen LogP contribution is -2.18. The van der Waals surface area contributed by atoms with Crippen LogP contribution in [0.3, 0.4) is 0 Å². The summed E-state index contributed by atoms with van der Waals surface area (Å²) in [6.45, 7) is 4.87. The first-order valence-electron chi connectivity index (χ1n) is 7.43. The Kier molecular flexibility index (Phi) is 4.01. The van der Waals surface area contributed by atoms with Crippen LogP contribution in [0.15, 0.2) is 30.3 Å². The molecule has 0 radical (unpaired) electrons. The number of benzene rings is 2. The molecule has 1 atom stereocenters. The van der Waals surface area contributed by atoms with E-state index in [1.807, 2.05) is 6.07 Å². The lowest BCUT2D eigenvalue weighted by molar-refractivity contribution is 0.549. The van der Waals surface area contributed by atoms with Gasteiger partial charge in [0.05, 0.1) is 5.02 Å². The lowest BCUT2D eigenvalue weighted by Gasteiger charge is -2.15. The topological polar surface area (TPSA) is 12.0 Å². The van der Waals surface area contributed by atoms with Crippen molar-refractivity contribution in [3.05, 3.63) is 57.9 Å². The van der Waals surface area contributed by atoms with Crippen LogP contribution in [0.5, 0.6) is 0 Å². The molecule has 1 nitrogen and oxygen atoms in total. The summed E-state index contributed by atoms with van der Waals surface area (Å²) in [6.07, 6.45) is 2.15. The maximum Gasteiger partial charge on any atom is 0.127 e. The molecule has 0 saturated carbocycles. The number of hydrogen-bond donors (Lipinski definition) is 1. The van der Waals surface area contributed by atoms with Crippen molar-refractivity contribution < 1.29 is 4.39 Å². The van der Waals surface area contributed by atoms with Crippen LogP contribution in [-0.4, -0.2) is 6.54 Å². The average Bonchev–Trinajstić information content (AvgIpc) is 2.87. The molecule has 0 fully saturated rings. The summed E-state index contributed by atoms with van der Waals surface area (Å²) in [5.41, 5.74) is 5.41. The third-order valence-electron chi connectivity index (χ3n) is 4.26. The molecule has 2 aromatic rings. The van der Waals surface area contributed by atoms with Gasteiger partial charge in [-0.15, -0.1) is 0 Å². The summed E-state index contributed by atoms with van der Waals surface area (Å²) >= 11 is 6.28. The van der Waals surface area contributed by atoms with E-state index in [9.17, 15) is 4.39 Å². The van der Waals surface area contributed by atoms with Crippen molar-refractivity contribution >= 4 is 11.6 Å². The van der Waals surface area contributed by atoms with Gasteiger partial charge < -0.3 is 5.32 Å². The van der Waals surface area contributed by atoms with E-state index in [2.05, 4.69) is 30.4 Å². The van der Waals surface area contributed by atoms with Crippen LogP contribution in [0, 0.1) is 12.7 Å². The van der Waals surface area contributed by atoms with E-state index in [4.69, 9.17) is 11.6 Å². The summed E-state index contributed by atoms with van der Waals surface area (Å²) in [6, 6.07) is 10.0. The van der Waals surface area contributed by atoms with Crippen molar-refractivity contribution in [1.82, 2.24) is 5.32 Å². The fourth-order valence-corrected chi connectivity index (χ4v) is 3.48. The molecule has 0 bridgehead atoms. The van der Waals surface area contributed by atoms with E-state index in [0.717, 1.165) is 30.5 Å². The zero-order valence-electron chi connectivity index (χ0n) is 12.3. The second kappa shape index (κ2) is 5.78. The molecule has 1 unspecified atom stereocenters. The maximum absolute atomic E-state index is 13.6. The number of hydrogen-bond acceptors (Lipinski definition) is 1. The fourth-order valence-electron chi connectivity index (χ4n) is 3.23. The average molecular weight is 304 g/mol. The molecule has 0 aromatic heterocycles. The highest BCUT2D eigenvalue weighted by Gasteiger charge is 2.24. The van der Waals surface area contributed by atoms with Crippen molar-refractivity contribution in [3.63, 3.8) is 0 Å². The number of halogens is 2. The van der Waals surface area contributed by atoms with Gasteiger partial charge in [-0.2, -0.15) is 0 Å². The Labute approximate surface area is 130 Å². The van der Waals surface area contributed by atoms with Gasteiger partial charge in [0.1, 0.15) is 5.82 Å². The number of rotatable bonds is 3. The van der Waals surface area contributed by atoms with Crippen LogP contribution in [0.25, 0.3) is 11.1 Å². The molecule has 0 saturated heterocycles. The highest BCUT2D eigenvalue weighted by Crippen LogP contribution is 2.40. The minimum atomic E-state index is -0.248. The van der Waals surface area contributed by atoms with Gasteiger partial charge >= 0.3 is 0 Å². The molecule has 0 amide bonds. The van der Waals surface area contributed by atoms with Gasteiger partial charge in [-0.05, 0) is 60.7 Å². The number of aryl methyl sites for hydroxylation is 1. The Morgan fingerprint density at radius 2 is 2.10 bits per heavy atom. The first-order chi connectivity index (χ1) is 10.1. The molecule has 110 valence electrons. The van der Waals surface area contributed by atoms with E-state index in [1.54, 1.807) is 6.92 Å². The third kappa shape index (κ3) is 2.58. The molecule has 1 aliphatic carbocycles. The normalized spacial score (nSPS) is 17.0. The van der Waals surface area contributed by atoms with E-state index < -0.39 is 0 Å². The Morgan fingerprint density at radius 3 is 2.86 bits per heavy atom. The summed E-state index contributed by atoms with van der Waals surface area (Å²) in [7, 11) is 0. The summed E-state index contributed by atoms with van der Waals surface area (Å²) < 4.78 is 13.6. The van der Waals surface area contributed by atoms with Crippen molar-refractivity contribution in [2.24, 2.45) is 0 Å². The predicted octanol–water partition coefficient (Wildman–Crippen LogP) is 5.05. The molecule has 2 aromatic carbocycles. The zero-order chi connectivity index (χ0) is 15.0. The van der Waals surface area contributed by atoms with Crippen LogP contribution >= 0.6 is 11.6 Å². The lowest BCUT2D eigenvalue weighted by atomic mass is 9.95. The minimum Gasteiger partial charge on any atom is -0.310 e. The first kappa shape index (κ1) is 14.6. The van der Waals surface area contributed by atoms with Gasteiger partial charge in [-0.25, -0.2) is 4.39 Å². The monoisotopic (exact) mass is 303 g/mol. The molecule has 1 N–H and O–H groups in total. The van der Waals surface area contributed by atoms with Crippen molar-refractivity contribution in [2.45, 2.75) is 32.7 Å². The standard InChI is InChI=1S/C18H19ClFN/c1-3-21-18-8-7-13-12(5-4-6-14(13)18)15-9-11(2)17(20)10-16(15)19/h4-6,9-10,18,21H,3,7-8H2,1-2H3. The second-order valence-corrected chi connectivity index (χ2v) is 6.01. The van der Waals surface area contributed by atoms with Crippen LogP contribution in [-0.2, 0) is 6.42 Å². The molecule has 0 spiro atoms. The Balaban J connectivity index is 2.11. The van der Waals surface area contributed by atoms with E-state index in [-0.39, 0.29) is 5.82 Å². The van der Waals surface area contributed by atoms with Gasteiger partial charge in [0.15, 0.2) is 0 Å². The molecule has 0 heterocycles. The molecule has 21 heavy (non-hydrogen) atoms. The third-order valence-corrected chi connectivity index (χ3v) is 4.57. The molecule has 0 aliphatic heterocycles. The highest BCUT2D eigenvalue weighted by molar-refractivity contribution is 6.33. The Morgan fingerprint density at radius 1 is 1.29 bits per heavy atom. The summed E-state index contributed by atoms with van der Waals surface area (Å²) in [4.78, 5) is 0. The van der Waals surface area contributed by atoms with Crippen molar-refractivity contribution in [3.8, 4) is 11.1 Å². The highest BCUT2D eigenvalue weighted by atomic mass is 35.5. The number of nitrogens with one attached hydrogen (secondary N) is 1. The Hall–Kier alpha value is -1.38. The smallest absolute Gasteiger partial charge is 0.127 e. The van der Waals surface area contributed by atoms with Crippen molar-refractivity contribution in [2.75, 3.05) is 6.54 Å². The molecular formula is C18H19ClFN. The summed E-state index contributed by atoms with van der Waals surface area (Å²) in [5.74, 6) is -0.248. The largest absolute Gasteiger partial charge is 0.310 e. The van der Waals surface area contributed by atoms with Crippen LogP contribution in [0.1, 0.15) is 36.1 Å². The quantitative estimate of drug-likeness (QED) is 0.836. The van der Waals surface area contributed by atoms with Gasteiger partial charge in [0.2, 0.25) is 0 Å². The maximum atomic E-state index is 13.6. The second-order valence-electron chi connectivity index (χ2n) is 5.60. The fraction of sp³-hybridized carbons (Fsp3) is 0.333. The molecule has 3 heteroatoms. The van der Waals surface area contributed by atoms with E-state index in [1.165, 1.54) is 17.2 Å². The first-order valence-corrected chi connectivity index (χ1v) is 7.80. The molecule has 3 rings (SSSR count). The zero-order valence-corrected chi connectivity index (χ0v) is 13.1. The van der Waals surface area contributed by atoms with Gasteiger partial charge in [0.25, 0.3) is 0 Å². The van der Waals surface area contributed by atoms with E-state index >= 15 is 0 Å². The van der Waals surface area contributed by atoms with Crippen molar-refractivity contribution in [1.29, 1.82) is 0 Å². The van der Waals surface area contributed by atoms with Gasteiger partial charge in [-0.3, -0.25) is 0 Å². The molecule has 1 aliphatic rings. The van der Waals surface area contributed by atoms with Gasteiger partial charge in [0, 0.05) is 11.6 Å². The molecular weight excluding hydrogens is 285 g/mol. The van der Waals surface area contributed by atoms with Crippen LogP contribution < -0.4 is 5.32 Å². The minimum absolute atomic E-state index is 0.248. The van der Waals surface area contributed by atoms with Crippen LogP contribution in [0.2, 0.25) is 5.02 Å². The Bertz CT molecular complexity index is 681. The van der Waals surface area contributed by atoms with Gasteiger partial charge in [-0.1, -0.05) is 36.7 Å². The van der Waals surface area contributed by atoms with E-state index in [0.29, 0.717) is 16.6 Å². The number of fused-ring (bicyclic) bond motifs is 1. The summed E-state index contributed by atoms with van der Waals surface area (Å²) in [5, 5.41) is 4.01.